The number of hydrogen-bond donors (Lipinski definition) is 2. The number of carbonyl (C=O) groups is 2. The molecule has 0 aliphatic rings. The van der Waals surface area contributed by atoms with Crippen LogP contribution < -0.4 is 10.6 Å². The fraction of sp³-hybridized carbons (Fsp3) is 0.0690. The minimum absolute atomic E-state index is 0.113. The maximum absolute atomic E-state index is 12.8. The second-order valence-corrected chi connectivity index (χ2v) is 10.2. The molecule has 2 amide bonds. The zero-order valence-corrected chi connectivity index (χ0v) is 21.3. The molecule has 0 bridgehead atoms. The van der Waals surface area contributed by atoms with Gasteiger partial charge in [-0.15, -0.1) is 11.8 Å². The van der Waals surface area contributed by atoms with Crippen molar-refractivity contribution in [1.82, 2.24) is 4.98 Å². The summed E-state index contributed by atoms with van der Waals surface area (Å²) < 4.78 is 5.81. The third-order valence-corrected chi connectivity index (χ3v) is 6.92. The number of para-hydroxylation sites is 2. The lowest BCUT2D eigenvalue weighted by molar-refractivity contribution is -0.115. The standard InChI is InChI=1S/C29H22ClN3O3S/c1-18(37-24-15-13-23(14-16-24)32-28(35)20-5-4-6-21(30)17-20)27(34)31-22-11-9-19(10-12-22)29-33-25-7-2-3-8-26(25)36-29/h2-18H,1H3,(H,31,34)(H,32,35). The molecule has 0 radical (unpaired) electrons. The van der Waals surface area contributed by atoms with E-state index in [9.17, 15) is 9.59 Å². The highest BCUT2D eigenvalue weighted by Gasteiger charge is 2.16. The quantitative estimate of drug-likeness (QED) is 0.214. The molecule has 5 aromatic rings. The average molecular weight is 528 g/mol. The third-order valence-electron chi connectivity index (χ3n) is 5.57. The Morgan fingerprint density at radius 1 is 0.865 bits per heavy atom. The summed E-state index contributed by atoms with van der Waals surface area (Å²) in [5.41, 5.74) is 4.20. The number of oxazole rings is 1. The minimum atomic E-state index is -0.330. The van der Waals surface area contributed by atoms with E-state index in [1.807, 2.05) is 67.6 Å². The number of fused-ring (bicyclic) bond motifs is 1. The third kappa shape index (κ3) is 6.02. The van der Waals surface area contributed by atoms with E-state index in [-0.39, 0.29) is 17.1 Å². The van der Waals surface area contributed by atoms with Crippen LogP contribution >= 0.6 is 23.4 Å². The monoisotopic (exact) mass is 527 g/mol. The van der Waals surface area contributed by atoms with Gasteiger partial charge in [-0.3, -0.25) is 9.59 Å². The van der Waals surface area contributed by atoms with Crippen LogP contribution in [0.3, 0.4) is 0 Å². The highest BCUT2D eigenvalue weighted by atomic mass is 35.5. The summed E-state index contributed by atoms with van der Waals surface area (Å²) in [6.45, 7) is 1.85. The van der Waals surface area contributed by atoms with Crippen LogP contribution in [0, 0.1) is 0 Å². The van der Waals surface area contributed by atoms with E-state index in [0.717, 1.165) is 21.6 Å². The molecule has 2 N–H and O–H groups in total. The number of rotatable bonds is 7. The van der Waals surface area contributed by atoms with Gasteiger partial charge in [0.15, 0.2) is 5.58 Å². The van der Waals surface area contributed by atoms with Crippen molar-refractivity contribution in [3.63, 3.8) is 0 Å². The Morgan fingerprint density at radius 2 is 1.57 bits per heavy atom. The van der Waals surface area contributed by atoms with Crippen molar-refractivity contribution in [2.75, 3.05) is 10.6 Å². The molecule has 0 aliphatic carbocycles. The summed E-state index contributed by atoms with van der Waals surface area (Å²) >= 11 is 7.39. The Morgan fingerprint density at radius 3 is 2.30 bits per heavy atom. The van der Waals surface area contributed by atoms with Gasteiger partial charge in [0.1, 0.15) is 5.52 Å². The van der Waals surface area contributed by atoms with Crippen LogP contribution in [-0.2, 0) is 4.79 Å². The van der Waals surface area contributed by atoms with E-state index in [2.05, 4.69) is 15.6 Å². The SMILES string of the molecule is CC(Sc1ccc(NC(=O)c2cccc(Cl)c2)cc1)C(=O)Nc1ccc(-c2nc3ccccc3o2)cc1. The Kier molecular flexibility index (Phi) is 7.25. The van der Waals surface area contributed by atoms with Crippen LogP contribution in [0.5, 0.6) is 0 Å². The first-order valence-electron chi connectivity index (χ1n) is 11.5. The highest BCUT2D eigenvalue weighted by Crippen LogP contribution is 2.28. The van der Waals surface area contributed by atoms with Crippen molar-refractivity contribution in [1.29, 1.82) is 0 Å². The number of hydrogen-bond acceptors (Lipinski definition) is 5. The second-order valence-electron chi connectivity index (χ2n) is 8.30. The maximum atomic E-state index is 12.8. The van der Waals surface area contributed by atoms with E-state index in [4.69, 9.17) is 16.0 Å². The number of nitrogens with one attached hydrogen (secondary N) is 2. The number of halogens is 1. The van der Waals surface area contributed by atoms with Crippen LogP contribution in [-0.4, -0.2) is 22.0 Å². The fourth-order valence-electron chi connectivity index (χ4n) is 3.64. The van der Waals surface area contributed by atoms with E-state index in [1.54, 1.807) is 36.4 Å². The smallest absolute Gasteiger partial charge is 0.255 e. The largest absolute Gasteiger partial charge is 0.436 e. The van der Waals surface area contributed by atoms with Gasteiger partial charge in [0, 0.05) is 32.4 Å². The molecule has 0 saturated carbocycles. The van der Waals surface area contributed by atoms with Gasteiger partial charge in [0.2, 0.25) is 11.8 Å². The molecule has 1 unspecified atom stereocenters. The van der Waals surface area contributed by atoms with Crippen LogP contribution in [0.1, 0.15) is 17.3 Å². The van der Waals surface area contributed by atoms with Gasteiger partial charge in [-0.25, -0.2) is 4.98 Å². The lowest BCUT2D eigenvalue weighted by Gasteiger charge is -2.13. The number of aromatic nitrogens is 1. The molecule has 184 valence electrons. The highest BCUT2D eigenvalue weighted by molar-refractivity contribution is 8.00. The van der Waals surface area contributed by atoms with E-state index < -0.39 is 0 Å². The number of nitrogens with zero attached hydrogens (tertiary/aromatic N) is 1. The van der Waals surface area contributed by atoms with Crippen molar-refractivity contribution in [2.45, 2.75) is 17.1 Å². The van der Waals surface area contributed by atoms with Crippen LogP contribution in [0.25, 0.3) is 22.6 Å². The molecule has 8 heteroatoms. The van der Waals surface area contributed by atoms with E-state index >= 15 is 0 Å². The van der Waals surface area contributed by atoms with Crippen molar-refractivity contribution in [3.8, 4) is 11.5 Å². The zero-order chi connectivity index (χ0) is 25.8. The number of carbonyl (C=O) groups excluding carboxylic acids is 2. The van der Waals surface area contributed by atoms with Gasteiger partial charge in [0.05, 0.1) is 5.25 Å². The summed E-state index contributed by atoms with van der Waals surface area (Å²) in [6.07, 6.45) is 0. The first-order valence-corrected chi connectivity index (χ1v) is 12.8. The number of benzene rings is 4. The normalized spacial score (nSPS) is 11.7. The molecule has 1 atom stereocenters. The zero-order valence-electron chi connectivity index (χ0n) is 19.8. The van der Waals surface area contributed by atoms with Gasteiger partial charge in [-0.2, -0.15) is 0 Å². The Balaban J connectivity index is 1.16. The van der Waals surface area contributed by atoms with Gasteiger partial charge < -0.3 is 15.1 Å². The molecule has 4 aromatic carbocycles. The van der Waals surface area contributed by atoms with E-state index in [0.29, 0.717) is 27.9 Å². The fourth-order valence-corrected chi connectivity index (χ4v) is 4.70. The minimum Gasteiger partial charge on any atom is -0.436 e. The topological polar surface area (TPSA) is 84.2 Å². The molecule has 5 rings (SSSR count). The van der Waals surface area contributed by atoms with E-state index in [1.165, 1.54) is 11.8 Å². The summed E-state index contributed by atoms with van der Waals surface area (Å²) in [6, 6.07) is 29.1. The number of amides is 2. The Hall–Kier alpha value is -4.07. The lowest BCUT2D eigenvalue weighted by atomic mass is 10.2. The molecule has 0 spiro atoms. The number of thioether (sulfide) groups is 1. The number of anilines is 2. The molecular weight excluding hydrogens is 506 g/mol. The first-order chi connectivity index (χ1) is 17.9. The Labute approximate surface area is 223 Å². The van der Waals surface area contributed by atoms with Crippen LogP contribution in [0.4, 0.5) is 11.4 Å². The second kappa shape index (κ2) is 10.9. The molecule has 37 heavy (non-hydrogen) atoms. The van der Waals surface area contributed by atoms with Gasteiger partial charge in [-0.05, 0) is 85.8 Å². The summed E-state index contributed by atoms with van der Waals surface area (Å²) in [7, 11) is 0. The first kappa shape index (κ1) is 24.6. The van der Waals surface area contributed by atoms with Gasteiger partial charge >= 0.3 is 0 Å². The predicted octanol–water partition coefficient (Wildman–Crippen LogP) is 7.52. The molecule has 0 saturated heterocycles. The van der Waals surface area contributed by atoms with Crippen molar-refractivity contribution < 1.29 is 14.0 Å². The summed E-state index contributed by atoms with van der Waals surface area (Å²) in [4.78, 5) is 30.6. The predicted molar refractivity (Wildman–Crippen MR) is 149 cm³/mol. The maximum Gasteiger partial charge on any atom is 0.255 e. The Bertz CT molecular complexity index is 1530. The molecule has 6 nitrogen and oxygen atoms in total. The lowest BCUT2D eigenvalue weighted by Crippen LogP contribution is -2.22. The van der Waals surface area contributed by atoms with Crippen molar-refractivity contribution in [3.05, 3.63) is 108 Å². The molecule has 1 heterocycles. The van der Waals surface area contributed by atoms with Crippen molar-refractivity contribution in [2.24, 2.45) is 0 Å². The molecule has 0 aliphatic heterocycles. The van der Waals surface area contributed by atoms with Crippen molar-refractivity contribution >= 4 is 57.7 Å². The van der Waals surface area contributed by atoms with Gasteiger partial charge in [0.25, 0.3) is 5.91 Å². The average Bonchev–Trinajstić information content (AvgIpc) is 3.34. The summed E-state index contributed by atoms with van der Waals surface area (Å²) in [5, 5.41) is 5.97. The van der Waals surface area contributed by atoms with Crippen LogP contribution in [0.15, 0.2) is 106 Å². The summed E-state index contributed by atoms with van der Waals surface area (Å²) in [5.74, 6) is 0.186. The van der Waals surface area contributed by atoms with Crippen LogP contribution in [0.2, 0.25) is 5.02 Å². The van der Waals surface area contributed by atoms with Gasteiger partial charge in [-0.1, -0.05) is 29.8 Å². The molecular formula is C29H22ClN3O3S. The molecule has 1 aromatic heterocycles. The molecule has 0 fully saturated rings.